The van der Waals surface area contributed by atoms with Gasteiger partial charge in [-0.25, -0.2) is 0 Å². The molecule has 0 aromatic carbocycles. The number of nitrogens with one attached hydrogen (secondary N) is 1. The zero-order chi connectivity index (χ0) is 9.90. The Morgan fingerprint density at radius 3 is 2.92 bits per heavy atom. The van der Waals surface area contributed by atoms with Gasteiger partial charge in [-0.05, 0) is 25.8 Å². The second kappa shape index (κ2) is 4.07. The Labute approximate surface area is 78.5 Å². The van der Waals surface area contributed by atoms with Gasteiger partial charge >= 0.3 is 0 Å². The highest BCUT2D eigenvalue weighted by atomic mass is 16.3. The van der Waals surface area contributed by atoms with Crippen molar-refractivity contribution in [2.75, 3.05) is 6.54 Å². The molecule has 0 spiro atoms. The zero-order valence-electron chi connectivity index (χ0n) is 8.05. The van der Waals surface area contributed by atoms with E-state index in [4.69, 9.17) is 5.73 Å². The minimum Gasteiger partial charge on any atom is -0.393 e. The Morgan fingerprint density at radius 2 is 2.46 bits per heavy atom. The number of hydrogen-bond acceptors (Lipinski definition) is 3. The van der Waals surface area contributed by atoms with Crippen LogP contribution in [0.4, 0.5) is 0 Å². The van der Waals surface area contributed by atoms with Crippen LogP contribution in [0, 0.1) is 0 Å². The first-order valence-electron chi connectivity index (χ1n) is 4.84. The maximum absolute atomic E-state index is 11.3. The molecule has 4 N–H and O–H groups in total. The summed E-state index contributed by atoms with van der Waals surface area (Å²) in [5, 5.41) is 12.6. The Kier molecular flexibility index (Phi) is 3.27. The lowest BCUT2D eigenvalue weighted by atomic mass is 9.79. The van der Waals surface area contributed by atoms with Gasteiger partial charge in [-0.15, -0.1) is 0 Å². The highest BCUT2D eigenvalue weighted by molar-refractivity contribution is 5.84. The van der Waals surface area contributed by atoms with Crippen molar-refractivity contribution in [3.8, 4) is 0 Å². The predicted octanol–water partition coefficient (Wildman–Crippen LogP) is -0.245. The molecule has 1 aliphatic rings. The summed E-state index contributed by atoms with van der Waals surface area (Å²) in [6.07, 6.45) is 2.45. The van der Waals surface area contributed by atoms with Crippen LogP contribution in [0.5, 0.6) is 0 Å². The Morgan fingerprint density at radius 1 is 1.77 bits per heavy atom. The summed E-state index contributed by atoms with van der Waals surface area (Å²) in [7, 11) is 0. The molecule has 1 saturated carbocycles. The van der Waals surface area contributed by atoms with Gasteiger partial charge in [0.1, 0.15) is 5.54 Å². The smallest absolute Gasteiger partial charge is 0.237 e. The monoisotopic (exact) mass is 186 g/mol. The molecule has 2 atom stereocenters. The first-order chi connectivity index (χ1) is 6.10. The maximum atomic E-state index is 11.3. The van der Waals surface area contributed by atoms with Crippen LogP contribution in [0.1, 0.15) is 32.6 Å². The van der Waals surface area contributed by atoms with Gasteiger partial charge in [0.15, 0.2) is 0 Å². The Balaban J connectivity index is 2.70. The standard InChI is InChI=1S/C9H18N2O2/c1-2-11-9(8(10)13)5-3-4-7(12)6-9/h7,11-12H,2-6H2,1H3,(H2,10,13). The van der Waals surface area contributed by atoms with Gasteiger partial charge in [0.25, 0.3) is 0 Å². The number of aliphatic hydroxyl groups excluding tert-OH is 1. The number of nitrogens with two attached hydrogens (primary N) is 1. The molecule has 0 radical (unpaired) electrons. The minimum absolute atomic E-state index is 0.340. The van der Waals surface area contributed by atoms with E-state index in [1.54, 1.807) is 0 Å². The van der Waals surface area contributed by atoms with E-state index >= 15 is 0 Å². The average molecular weight is 186 g/mol. The van der Waals surface area contributed by atoms with Gasteiger partial charge in [-0.1, -0.05) is 6.92 Å². The summed E-state index contributed by atoms with van der Waals surface area (Å²) in [4.78, 5) is 11.3. The van der Waals surface area contributed by atoms with Crippen LogP contribution in [0.25, 0.3) is 0 Å². The van der Waals surface area contributed by atoms with Crippen LogP contribution < -0.4 is 11.1 Å². The third-order valence-electron chi connectivity index (χ3n) is 2.71. The van der Waals surface area contributed by atoms with Gasteiger partial charge < -0.3 is 16.2 Å². The van der Waals surface area contributed by atoms with Crippen molar-refractivity contribution >= 4 is 5.91 Å². The van der Waals surface area contributed by atoms with Crippen molar-refractivity contribution in [3.63, 3.8) is 0 Å². The first kappa shape index (κ1) is 10.5. The molecule has 4 heteroatoms. The van der Waals surface area contributed by atoms with Gasteiger partial charge in [-0.3, -0.25) is 4.79 Å². The number of likely N-dealkylation sites (N-methyl/N-ethyl adjacent to an activating group) is 1. The van der Waals surface area contributed by atoms with Gasteiger partial charge in [0.05, 0.1) is 6.10 Å². The molecule has 0 aliphatic heterocycles. The van der Waals surface area contributed by atoms with Crippen molar-refractivity contribution in [1.29, 1.82) is 0 Å². The number of amides is 1. The molecule has 0 bridgehead atoms. The van der Waals surface area contributed by atoms with Crippen LogP contribution >= 0.6 is 0 Å². The number of aliphatic hydroxyl groups is 1. The number of rotatable bonds is 3. The molecule has 2 unspecified atom stereocenters. The number of carbonyl (C=O) groups excluding carboxylic acids is 1. The van der Waals surface area contributed by atoms with E-state index in [1.165, 1.54) is 0 Å². The van der Waals surface area contributed by atoms with E-state index in [2.05, 4.69) is 5.32 Å². The van der Waals surface area contributed by atoms with Crippen LogP contribution in [0.3, 0.4) is 0 Å². The fraction of sp³-hybridized carbons (Fsp3) is 0.889. The highest BCUT2D eigenvalue weighted by Crippen LogP contribution is 2.28. The topological polar surface area (TPSA) is 75.3 Å². The highest BCUT2D eigenvalue weighted by Gasteiger charge is 2.39. The maximum Gasteiger partial charge on any atom is 0.237 e. The van der Waals surface area contributed by atoms with E-state index in [0.29, 0.717) is 13.0 Å². The molecule has 13 heavy (non-hydrogen) atoms. The summed E-state index contributed by atoms with van der Waals surface area (Å²) in [5.41, 5.74) is 4.68. The predicted molar refractivity (Wildman–Crippen MR) is 50.1 cm³/mol. The van der Waals surface area contributed by atoms with Crippen molar-refractivity contribution in [2.24, 2.45) is 5.73 Å². The normalized spacial score (nSPS) is 34.5. The van der Waals surface area contributed by atoms with E-state index in [1.807, 2.05) is 6.92 Å². The Hall–Kier alpha value is -0.610. The third-order valence-corrected chi connectivity index (χ3v) is 2.71. The summed E-state index contributed by atoms with van der Waals surface area (Å²) in [6.45, 7) is 2.64. The van der Waals surface area contributed by atoms with E-state index in [-0.39, 0.29) is 12.0 Å². The fourth-order valence-electron chi connectivity index (χ4n) is 2.06. The Bertz CT molecular complexity index is 192. The van der Waals surface area contributed by atoms with Crippen LogP contribution in [-0.4, -0.2) is 29.2 Å². The molecule has 76 valence electrons. The van der Waals surface area contributed by atoms with Crippen LogP contribution in [0.2, 0.25) is 0 Å². The molecule has 0 aromatic heterocycles. The number of carbonyl (C=O) groups is 1. The second-order valence-corrected chi connectivity index (χ2v) is 3.73. The van der Waals surface area contributed by atoms with Gasteiger partial charge in [-0.2, -0.15) is 0 Å². The van der Waals surface area contributed by atoms with E-state index in [0.717, 1.165) is 19.3 Å². The van der Waals surface area contributed by atoms with Crippen LogP contribution in [0.15, 0.2) is 0 Å². The number of hydrogen-bond donors (Lipinski definition) is 3. The minimum atomic E-state index is -0.660. The summed E-state index contributed by atoms with van der Waals surface area (Å²) in [5.74, 6) is -0.340. The molecule has 1 aliphatic carbocycles. The van der Waals surface area contributed by atoms with Crippen LogP contribution in [-0.2, 0) is 4.79 Å². The van der Waals surface area contributed by atoms with Gasteiger partial charge in [0.2, 0.25) is 5.91 Å². The fourth-order valence-corrected chi connectivity index (χ4v) is 2.06. The van der Waals surface area contributed by atoms with Crippen molar-refractivity contribution in [1.82, 2.24) is 5.32 Å². The number of primary amides is 1. The average Bonchev–Trinajstić information content (AvgIpc) is 2.04. The lowest BCUT2D eigenvalue weighted by Gasteiger charge is -2.37. The summed E-state index contributed by atoms with van der Waals surface area (Å²) < 4.78 is 0. The lowest BCUT2D eigenvalue weighted by Crippen LogP contribution is -2.58. The first-order valence-corrected chi connectivity index (χ1v) is 4.84. The molecule has 4 nitrogen and oxygen atoms in total. The molecule has 1 fully saturated rings. The molecule has 1 amide bonds. The SMILES string of the molecule is CCNC1(C(N)=O)CCCC(O)C1. The molecule has 1 rings (SSSR count). The quantitative estimate of drug-likeness (QED) is 0.569. The summed E-state index contributed by atoms with van der Waals surface area (Å²) in [6, 6.07) is 0. The van der Waals surface area contributed by atoms with Crippen molar-refractivity contribution in [2.45, 2.75) is 44.2 Å². The van der Waals surface area contributed by atoms with E-state index < -0.39 is 5.54 Å². The molecular formula is C9H18N2O2. The molecular weight excluding hydrogens is 168 g/mol. The third kappa shape index (κ3) is 2.19. The molecule has 0 saturated heterocycles. The lowest BCUT2D eigenvalue weighted by molar-refractivity contribution is -0.127. The van der Waals surface area contributed by atoms with E-state index in [9.17, 15) is 9.90 Å². The van der Waals surface area contributed by atoms with Gasteiger partial charge in [0, 0.05) is 6.42 Å². The van der Waals surface area contributed by atoms with Crippen molar-refractivity contribution < 1.29 is 9.90 Å². The largest absolute Gasteiger partial charge is 0.393 e. The molecule has 0 aromatic rings. The summed E-state index contributed by atoms with van der Waals surface area (Å²) >= 11 is 0. The second-order valence-electron chi connectivity index (χ2n) is 3.73. The zero-order valence-corrected chi connectivity index (χ0v) is 8.05. The molecule has 0 heterocycles. The van der Waals surface area contributed by atoms with Crippen molar-refractivity contribution in [3.05, 3.63) is 0 Å².